The summed E-state index contributed by atoms with van der Waals surface area (Å²) in [5.74, 6) is 0.0109. The van der Waals surface area contributed by atoms with E-state index in [0.717, 1.165) is 22.4 Å². The highest BCUT2D eigenvalue weighted by atomic mass is 16.1. The fourth-order valence-electron chi connectivity index (χ4n) is 2.22. The first-order valence-electron chi connectivity index (χ1n) is 6.95. The van der Waals surface area contributed by atoms with Crippen molar-refractivity contribution in [3.05, 3.63) is 64.7 Å². The van der Waals surface area contributed by atoms with Gasteiger partial charge >= 0.3 is 0 Å². The van der Waals surface area contributed by atoms with E-state index in [-0.39, 0.29) is 5.91 Å². The average molecular weight is 278 g/mol. The minimum absolute atomic E-state index is 0.0109. The van der Waals surface area contributed by atoms with E-state index >= 15 is 0 Å². The minimum atomic E-state index is 0.0109. The van der Waals surface area contributed by atoms with Crippen LogP contribution in [-0.4, -0.2) is 5.91 Å². The maximum Gasteiger partial charge on any atom is 0.224 e. The molecule has 0 bridgehead atoms. The lowest BCUT2D eigenvalue weighted by molar-refractivity contribution is -0.116. The third kappa shape index (κ3) is 3.93. The van der Waals surface area contributed by atoms with Crippen molar-refractivity contribution in [2.75, 3.05) is 5.32 Å². The molecule has 0 saturated carbocycles. The van der Waals surface area contributed by atoms with Crippen molar-refractivity contribution in [1.29, 1.82) is 5.26 Å². The first kappa shape index (κ1) is 14.8. The molecule has 0 radical (unpaired) electrons. The quantitative estimate of drug-likeness (QED) is 0.926. The van der Waals surface area contributed by atoms with E-state index in [2.05, 4.69) is 11.4 Å². The van der Waals surface area contributed by atoms with Gasteiger partial charge in [-0.25, -0.2) is 0 Å². The molecule has 106 valence electrons. The lowest BCUT2D eigenvalue weighted by Gasteiger charge is -2.11. The Morgan fingerprint density at radius 3 is 2.29 bits per heavy atom. The summed E-state index contributed by atoms with van der Waals surface area (Å²) in [5, 5.41) is 11.7. The van der Waals surface area contributed by atoms with E-state index < -0.39 is 0 Å². The number of rotatable bonds is 4. The van der Waals surface area contributed by atoms with Gasteiger partial charge in [-0.3, -0.25) is 4.79 Å². The number of nitrogens with zero attached hydrogens (tertiary/aromatic N) is 1. The molecule has 1 amide bonds. The Morgan fingerprint density at radius 2 is 1.71 bits per heavy atom. The lowest BCUT2D eigenvalue weighted by Crippen LogP contribution is -2.14. The van der Waals surface area contributed by atoms with Crippen LogP contribution in [0.25, 0.3) is 0 Å². The van der Waals surface area contributed by atoms with Crippen molar-refractivity contribution in [3.63, 3.8) is 0 Å². The molecule has 0 aliphatic heterocycles. The largest absolute Gasteiger partial charge is 0.326 e. The van der Waals surface area contributed by atoms with Crippen molar-refractivity contribution in [2.45, 2.75) is 26.7 Å². The van der Waals surface area contributed by atoms with Gasteiger partial charge in [0.05, 0.1) is 11.6 Å². The molecule has 21 heavy (non-hydrogen) atoms. The Bertz CT molecular complexity index is 661. The van der Waals surface area contributed by atoms with E-state index in [1.807, 2.05) is 44.2 Å². The van der Waals surface area contributed by atoms with E-state index in [0.29, 0.717) is 18.4 Å². The SMILES string of the molecule is Cc1cccc(C)c1NC(=O)CCc1ccc(C#N)cc1. The molecule has 0 fully saturated rings. The number of anilines is 1. The van der Waals surface area contributed by atoms with Gasteiger partial charge < -0.3 is 5.32 Å². The molecule has 2 rings (SSSR count). The second-order valence-corrected chi connectivity index (χ2v) is 5.12. The highest BCUT2D eigenvalue weighted by Crippen LogP contribution is 2.19. The molecule has 2 aromatic carbocycles. The standard InChI is InChI=1S/C18H18N2O/c1-13-4-3-5-14(2)18(13)20-17(21)11-10-15-6-8-16(12-19)9-7-15/h3-9H,10-11H2,1-2H3,(H,20,21). The smallest absolute Gasteiger partial charge is 0.224 e. The molecule has 1 N–H and O–H groups in total. The summed E-state index contributed by atoms with van der Waals surface area (Å²) >= 11 is 0. The normalized spacial score (nSPS) is 9.95. The number of benzene rings is 2. The van der Waals surface area contributed by atoms with Crippen molar-refractivity contribution in [2.24, 2.45) is 0 Å². The molecular weight excluding hydrogens is 260 g/mol. The number of carbonyl (C=O) groups is 1. The maximum absolute atomic E-state index is 12.0. The van der Waals surface area contributed by atoms with Crippen LogP contribution < -0.4 is 5.32 Å². The van der Waals surface area contributed by atoms with Crippen LogP contribution in [0.5, 0.6) is 0 Å². The molecule has 0 spiro atoms. The van der Waals surface area contributed by atoms with Gasteiger partial charge in [-0.05, 0) is 49.1 Å². The van der Waals surface area contributed by atoms with Gasteiger partial charge in [-0.15, -0.1) is 0 Å². The van der Waals surface area contributed by atoms with Gasteiger partial charge in [-0.2, -0.15) is 5.26 Å². The minimum Gasteiger partial charge on any atom is -0.326 e. The Kier molecular flexibility index (Phi) is 4.73. The summed E-state index contributed by atoms with van der Waals surface area (Å²) in [5.41, 5.74) is 4.75. The van der Waals surface area contributed by atoms with Crippen molar-refractivity contribution >= 4 is 11.6 Å². The maximum atomic E-state index is 12.0. The zero-order valence-electron chi connectivity index (χ0n) is 12.3. The van der Waals surface area contributed by atoms with Gasteiger partial charge in [0.1, 0.15) is 0 Å². The number of nitrogens with one attached hydrogen (secondary N) is 1. The Hall–Kier alpha value is -2.60. The lowest BCUT2D eigenvalue weighted by atomic mass is 10.1. The number of para-hydroxylation sites is 1. The van der Waals surface area contributed by atoms with Crippen LogP contribution in [0.2, 0.25) is 0 Å². The summed E-state index contributed by atoms with van der Waals surface area (Å²) in [4.78, 5) is 12.0. The van der Waals surface area contributed by atoms with Gasteiger partial charge in [0.15, 0.2) is 0 Å². The molecule has 3 heteroatoms. The Balaban J connectivity index is 1.94. The van der Waals surface area contributed by atoms with E-state index in [9.17, 15) is 4.79 Å². The molecule has 0 aliphatic rings. The number of aryl methyl sites for hydroxylation is 3. The van der Waals surface area contributed by atoms with Gasteiger partial charge in [0, 0.05) is 12.1 Å². The van der Waals surface area contributed by atoms with Gasteiger partial charge in [0.2, 0.25) is 5.91 Å². The number of nitriles is 1. The summed E-state index contributed by atoms with van der Waals surface area (Å²) < 4.78 is 0. The molecule has 0 heterocycles. The molecule has 0 aromatic heterocycles. The van der Waals surface area contributed by atoms with Crippen LogP contribution in [0.15, 0.2) is 42.5 Å². The van der Waals surface area contributed by atoms with E-state index in [4.69, 9.17) is 5.26 Å². The molecule has 3 nitrogen and oxygen atoms in total. The first-order valence-corrected chi connectivity index (χ1v) is 6.95. The molecular formula is C18H18N2O. The monoisotopic (exact) mass is 278 g/mol. The Morgan fingerprint density at radius 1 is 1.10 bits per heavy atom. The topological polar surface area (TPSA) is 52.9 Å². The number of hydrogen-bond donors (Lipinski definition) is 1. The van der Waals surface area contributed by atoms with Crippen molar-refractivity contribution < 1.29 is 4.79 Å². The summed E-state index contributed by atoms with van der Waals surface area (Å²) in [6.45, 7) is 3.98. The predicted octanol–water partition coefficient (Wildman–Crippen LogP) is 3.75. The average Bonchev–Trinajstić information content (AvgIpc) is 2.49. The zero-order valence-corrected chi connectivity index (χ0v) is 12.3. The molecule has 0 atom stereocenters. The second kappa shape index (κ2) is 6.71. The molecule has 0 unspecified atom stereocenters. The summed E-state index contributed by atoms with van der Waals surface area (Å²) in [6.07, 6.45) is 1.10. The van der Waals surface area contributed by atoms with Crippen LogP contribution >= 0.6 is 0 Å². The fraction of sp³-hybridized carbons (Fsp3) is 0.222. The highest BCUT2D eigenvalue weighted by molar-refractivity contribution is 5.92. The fourth-order valence-corrected chi connectivity index (χ4v) is 2.22. The first-order chi connectivity index (χ1) is 10.1. The van der Waals surface area contributed by atoms with Crippen LogP contribution in [0.4, 0.5) is 5.69 Å². The molecule has 0 saturated heterocycles. The summed E-state index contributed by atoms with van der Waals surface area (Å²) in [6, 6.07) is 15.4. The number of amides is 1. The number of carbonyl (C=O) groups excluding carboxylic acids is 1. The van der Waals surface area contributed by atoms with Crippen LogP contribution in [0.1, 0.15) is 28.7 Å². The van der Waals surface area contributed by atoms with Crippen molar-refractivity contribution in [1.82, 2.24) is 0 Å². The van der Waals surface area contributed by atoms with Crippen LogP contribution in [0.3, 0.4) is 0 Å². The highest BCUT2D eigenvalue weighted by Gasteiger charge is 2.07. The second-order valence-electron chi connectivity index (χ2n) is 5.12. The predicted molar refractivity (Wildman–Crippen MR) is 84.0 cm³/mol. The zero-order chi connectivity index (χ0) is 15.2. The summed E-state index contributed by atoms with van der Waals surface area (Å²) in [7, 11) is 0. The number of hydrogen-bond acceptors (Lipinski definition) is 2. The molecule has 0 aliphatic carbocycles. The third-order valence-corrected chi connectivity index (χ3v) is 3.47. The third-order valence-electron chi connectivity index (χ3n) is 3.47. The van der Waals surface area contributed by atoms with E-state index in [1.165, 1.54) is 0 Å². The van der Waals surface area contributed by atoms with E-state index in [1.54, 1.807) is 12.1 Å². The van der Waals surface area contributed by atoms with Crippen LogP contribution in [0, 0.1) is 25.2 Å². The van der Waals surface area contributed by atoms with Gasteiger partial charge in [0.25, 0.3) is 0 Å². The van der Waals surface area contributed by atoms with Crippen molar-refractivity contribution in [3.8, 4) is 6.07 Å². The Labute approximate surface area is 125 Å². The van der Waals surface area contributed by atoms with Gasteiger partial charge in [-0.1, -0.05) is 30.3 Å². The van der Waals surface area contributed by atoms with Crippen LogP contribution in [-0.2, 0) is 11.2 Å². The molecule has 2 aromatic rings.